The van der Waals surface area contributed by atoms with E-state index in [1.807, 2.05) is 6.07 Å². The van der Waals surface area contributed by atoms with Gasteiger partial charge in [-0.05, 0) is 72.9 Å². The zero-order valence-electron chi connectivity index (χ0n) is 15.5. The van der Waals surface area contributed by atoms with E-state index in [4.69, 9.17) is 26.6 Å². The first-order valence-electron chi connectivity index (χ1n) is 8.88. The highest BCUT2D eigenvalue weighted by molar-refractivity contribution is 7.80. The van der Waals surface area contributed by atoms with Crippen LogP contribution in [0.5, 0.6) is 5.75 Å². The Kier molecular flexibility index (Phi) is 5.28. The van der Waals surface area contributed by atoms with Crippen LogP contribution in [0.2, 0.25) is 0 Å². The van der Waals surface area contributed by atoms with Crippen molar-refractivity contribution in [2.24, 2.45) is 0 Å². The quantitative estimate of drug-likeness (QED) is 0.495. The Morgan fingerprint density at radius 3 is 2.57 bits per heavy atom. The van der Waals surface area contributed by atoms with Crippen LogP contribution in [0.1, 0.15) is 17.1 Å². The van der Waals surface area contributed by atoms with Gasteiger partial charge in [-0.1, -0.05) is 0 Å². The number of hydrogen-bond acceptors (Lipinski definition) is 5. The molecule has 1 fully saturated rings. The number of hydrogen-bond donors (Lipinski definition) is 1. The molecule has 0 saturated carbocycles. The molecule has 0 radical (unpaired) electrons. The highest BCUT2D eigenvalue weighted by Gasteiger charge is 2.32. The molecule has 1 aliphatic rings. The lowest BCUT2D eigenvalue weighted by Crippen LogP contribution is -2.30. The lowest BCUT2D eigenvalue weighted by atomic mass is 10.2. The number of carbonyl (C=O) groups excluding carboxylic acids is 1. The highest BCUT2D eigenvalue weighted by Crippen LogP contribution is 2.23. The zero-order valence-corrected chi connectivity index (χ0v) is 16.3. The first kappa shape index (κ1) is 19.4. The average Bonchev–Trinajstić information content (AvgIpc) is 3.31. The predicted molar refractivity (Wildman–Crippen MR) is 112 cm³/mol. The molecule has 8 heteroatoms. The number of thiocarbonyl (C=S) groups is 1. The van der Waals surface area contributed by atoms with Crippen LogP contribution >= 0.6 is 12.2 Å². The second-order valence-corrected chi connectivity index (χ2v) is 6.72. The van der Waals surface area contributed by atoms with Crippen LogP contribution in [-0.4, -0.2) is 11.0 Å². The van der Waals surface area contributed by atoms with Crippen molar-refractivity contribution in [1.29, 1.82) is 5.26 Å². The number of anilines is 1. The number of nitrogens with zero attached hydrogens (tertiary/aromatic N) is 2. The molecule has 30 heavy (non-hydrogen) atoms. The van der Waals surface area contributed by atoms with Crippen molar-refractivity contribution in [3.63, 3.8) is 0 Å². The molecule has 0 atom stereocenters. The third kappa shape index (κ3) is 4.06. The maximum atomic E-state index is 13.1. The molecule has 2 heterocycles. The Labute approximate surface area is 176 Å². The molecule has 0 aliphatic carbocycles. The number of rotatable bonds is 5. The van der Waals surface area contributed by atoms with Gasteiger partial charge in [0.1, 0.15) is 35.4 Å². The van der Waals surface area contributed by atoms with Crippen molar-refractivity contribution in [3.8, 4) is 11.8 Å². The molecular formula is C22H14FN3O3S. The van der Waals surface area contributed by atoms with E-state index in [-0.39, 0.29) is 23.3 Å². The van der Waals surface area contributed by atoms with Gasteiger partial charge in [-0.25, -0.2) is 4.39 Å². The van der Waals surface area contributed by atoms with Crippen LogP contribution in [0, 0.1) is 17.1 Å². The molecule has 1 amide bonds. The molecule has 4 rings (SSSR count). The molecule has 3 aromatic rings. The van der Waals surface area contributed by atoms with E-state index >= 15 is 0 Å². The van der Waals surface area contributed by atoms with Gasteiger partial charge in [0.2, 0.25) is 0 Å². The van der Waals surface area contributed by atoms with Gasteiger partial charge in [-0.15, -0.1) is 0 Å². The van der Waals surface area contributed by atoms with Gasteiger partial charge in [0.05, 0.1) is 17.3 Å². The third-order valence-electron chi connectivity index (χ3n) is 4.30. The molecule has 1 N–H and O–H groups in total. The minimum atomic E-state index is -0.397. The van der Waals surface area contributed by atoms with Crippen LogP contribution in [-0.2, 0) is 11.4 Å². The number of amides is 1. The summed E-state index contributed by atoms with van der Waals surface area (Å²) in [7, 11) is 0. The molecule has 1 aliphatic heterocycles. The first-order valence-corrected chi connectivity index (χ1v) is 9.29. The van der Waals surface area contributed by atoms with Crippen molar-refractivity contribution >= 4 is 35.0 Å². The van der Waals surface area contributed by atoms with Crippen LogP contribution in [0.25, 0.3) is 6.08 Å². The van der Waals surface area contributed by atoms with E-state index in [0.29, 0.717) is 28.5 Å². The molecule has 0 spiro atoms. The van der Waals surface area contributed by atoms with E-state index < -0.39 is 5.82 Å². The van der Waals surface area contributed by atoms with E-state index in [0.717, 1.165) is 0 Å². The van der Waals surface area contributed by atoms with Crippen molar-refractivity contribution in [1.82, 2.24) is 5.32 Å². The Hall–Kier alpha value is -3.96. The molecular weight excluding hydrogens is 405 g/mol. The summed E-state index contributed by atoms with van der Waals surface area (Å²) in [6, 6.07) is 17.7. The van der Waals surface area contributed by atoms with Gasteiger partial charge in [0.15, 0.2) is 5.11 Å². The average molecular weight is 419 g/mol. The Balaban J connectivity index is 1.44. The summed E-state index contributed by atoms with van der Waals surface area (Å²) < 4.78 is 24.5. The van der Waals surface area contributed by atoms with E-state index in [9.17, 15) is 9.18 Å². The smallest absolute Gasteiger partial charge is 0.281 e. The minimum Gasteiger partial charge on any atom is -0.486 e. The van der Waals surface area contributed by atoms with Gasteiger partial charge in [0.25, 0.3) is 5.91 Å². The molecule has 6 nitrogen and oxygen atoms in total. The number of benzene rings is 2. The second kappa shape index (κ2) is 8.19. The van der Waals surface area contributed by atoms with Crippen molar-refractivity contribution in [3.05, 3.63) is 89.3 Å². The van der Waals surface area contributed by atoms with Gasteiger partial charge in [-0.3, -0.25) is 9.69 Å². The molecule has 2 aromatic carbocycles. The molecule has 1 aromatic heterocycles. The molecule has 0 unspecified atom stereocenters. The standard InChI is InChI=1S/C22H14FN3O3S/c23-15-3-5-16(6-4-15)26-21(27)20(25-22(26)30)11-18-9-10-19(29-18)13-28-17-7-1-14(12-24)2-8-17/h1-11H,13H2,(H,25,30)/b20-11+. The normalized spacial score (nSPS) is 14.7. The monoisotopic (exact) mass is 419 g/mol. The van der Waals surface area contributed by atoms with Crippen LogP contribution in [0.3, 0.4) is 0 Å². The highest BCUT2D eigenvalue weighted by atomic mass is 32.1. The summed E-state index contributed by atoms with van der Waals surface area (Å²) in [5.74, 6) is 0.866. The molecule has 1 saturated heterocycles. The fourth-order valence-electron chi connectivity index (χ4n) is 2.83. The number of nitrogens with one attached hydrogen (secondary N) is 1. The summed E-state index contributed by atoms with van der Waals surface area (Å²) in [5.41, 5.74) is 1.27. The second-order valence-electron chi connectivity index (χ2n) is 6.33. The fraction of sp³-hybridized carbons (Fsp3) is 0.0455. The SMILES string of the molecule is N#Cc1ccc(OCc2ccc(/C=C3/NC(=S)N(c4ccc(F)cc4)C3=O)o2)cc1. The first-order chi connectivity index (χ1) is 14.5. The largest absolute Gasteiger partial charge is 0.486 e. The summed E-state index contributed by atoms with van der Waals surface area (Å²) in [6.07, 6.45) is 1.55. The number of nitriles is 1. The maximum Gasteiger partial charge on any atom is 0.281 e. The van der Waals surface area contributed by atoms with Crippen LogP contribution < -0.4 is 15.0 Å². The lowest BCUT2D eigenvalue weighted by molar-refractivity contribution is -0.113. The topological polar surface area (TPSA) is 78.5 Å². The zero-order chi connectivity index (χ0) is 21.1. The summed E-state index contributed by atoms with van der Waals surface area (Å²) in [5, 5.41) is 11.9. The van der Waals surface area contributed by atoms with Gasteiger partial charge >= 0.3 is 0 Å². The van der Waals surface area contributed by atoms with Crippen molar-refractivity contribution < 1.29 is 18.3 Å². The van der Waals surface area contributed by atoms with E-state index in [2.05, 4.69) is 5.32 Å². The van der Waals surface area contributed by atoms with Gasteiger partial charge in [0, 0.05) is 6.08 Å². The summed E-state index contributed by atoms with van der Waals surface area (Å²) in [4.78, 5) is 14.0. The van der Waals surface area contributed by atoms with Crippen molar-refractivity contribution in [2.45, 2.75) is 6.61 Å². The van der Waals surface area contributed by atoms with E-state index in [1.165, 1.54) is 29.2 Å². The maximum absolute atomic E-state index is 13.1. The van der Waals surface area contributed by atoms with Crippen LogP contribution in [0.15, 0.2) is 70.8 Å². The molecule has 148 valence electrons. The Morgan fingerprint density at radius 1 is 1.13 bits per heavy atom. The van der Waals surface area contributed by atoms with Gasteiger partial charge < -0.3 is 14.5 Å². The Morgan fingerprint density at radius 2 is 1.87 bits per heavy atom. The molecule has 0 bridgehead atoms. The number of carbonyl (C=O) groups is 1. The predicted octanol–water partition coefficient (Wildman–Crippen LogP) is 4.13. The summed E-state index contributed by atoms with van der Waals surface area (Å²) >= 11 is 5.23. The minimum absolute atomic E-state index is 0.191. The summed E-state index contributed by atoms with van der Waals surface area (Å²) in [6.45, 7) is 0.191. The van der Waals surface area contributed by atoms with Crippen molar-refractivity contribution in [2.75, 3.05) is 4.90 Å². The lowest BCUT2D eigenvalue weighted by Gasteiger charge is -2.13. The van der Waals surface area contributed by atoms with E-state index in [1.54, 1.807) is 42.5 Å². The number of furan rings is 1. The number of ether oxygens (including phenoxy) is 1. The number of halogens is 1. The third-order valence-corrected chi connectivity index (χ3v) is 4.58. The van der Waals surface area contributed by atoms with Gasteiger partial charge in [-0.2, -0.15) is 5.26 Å². The fourth-order valence-corrected chi connectivity index (χ4v) is 3.13. The Bertz CT molecular complexity index is 1180. The van der Waals surface area contributed by atoms with Crippen LogP contribution in [0.4, 0.5) is 10.1 Å².